The monoisotopic (exact) mass is 235 g/mol. The van der Waals surface area contributed by atoms with Crippen molar-refractivity contribution in [1.82, 2.24) is 0 Å². The fourth-order valence-corrected chi connectivity index (χ4v) is 1.60. The van der Waals surface area contributed by atoms with Crippen molar-refractivity contribution in [2.24, 2.45) is 0 Å². The molecular formula is C12H14ClN3. The Morgan fingerprint density at radius 3 is 2.06 bits per heavy atom. The van der Waals surface area contributed by atoms with E-state index in [2.05, 4.69) is 61.5 Å². The molecule has 0 bridgehead atoms. The second kappa shape index (κ2) is 6.65. The largest absolute Gasteiger partial charge is 0.377 e. The van der Waals surface area contributed by atoms with Crippen molar-refractivity contribution in [1.29, 1.82) is 10.8 Å². The van der Waals surface area contributed by atoms with Gasteiger partial charge in [-0.2, -0.15) is 0 Å². The summed E-state index contributed by atoms with van der Waals surface area (Å²) in [5.74, 6) is 0. The molecule has 0 saturated heterocycles. The van der Waals surface area contributed by atoms with E-state index in [1.807, 2.05) is 0 Å². The molecule has 0 radical (unpaired) electrons. The maximum atomic E-state index is 6.00. The van der Waals surface area contributed by atoms with Crippen LogP contribution in [-0.2, 0) is 0 Å². The number of rotatable bonds is 1. The number of hydrogen-bond acceptors (Lipinski definition) is 3. The van der Waals surface area contributed by atoms with Gasteiger partial charge in [-0.1, -0.05) is 36.4 Å². The van der Waals surface area contributed by atoms with E-state index in [0.717, 1.165) is 0 Å². The lowest BCUT2D eigenvalue weighted by molar-refractivity contribution is 1.14. The molecule has 0 aliphatic heterocycles. The summed E-state index contributed by atoms with van der Waals surface area (Å²) in [6.07, 6.45) is 0. The van der Waals surface area contributed by atoms with Gasteiger partial charge in [0.15, 0.2) is 0 Å². The highest BCUT2D eigenvalue weighted by Crippen LogP contribution is 2.24. The molecule has 0 aliphatic rings. The van der Waals surface area contributed by atoms with Crippen molar-refractivity contribution in [3.63, 3.8) is 0 Å². The van der Waals surface area contributed by atoms with E-state index in [4.69, 9.17) is 10.8 Å². The summed E-state index contributed by atoms with van der Waals surface area (Å²) in [5.41, 5.74) is 1.28. The van der Waals surface area contributed by atoms with E-state index in [1.54, 1.807) is 0 Å². The lowest BCUT2D eigenvalue weighted by Crippen LogP contribution is -2.08. The number of benzene rings is 2. The molecule has 4 heteroatoms. The fraction of sp³-hybridized carbons (Fsp3) is 0.167. The Morgan fingerprint density at radius 2 is 1.44 bits per heavy atom. The maximum Gasteiger partial charge on any atom is 0.0440 e. The lowest BCUT2D eigenvalue weighted by atomic mass is 10.1. The van der Waals surface area contributed by atoms with E-state index in [1.165, 1.54) is 16.5 Å². The first-order valence-electron chi connectivity index (χ1n) is 4.64. The maximum absolute atomic E-state index is 6.00. The summed E-state index contributed by atoms with van der Waals surface area (Å²) >= 11 is 0. The molecule has 2 aromatic rings. The molecule has 0 heterocycles. The molecule has 0 aliphatic carbocycles. The Balaban J connectivity index is 0.000000711. The van der Waals surface area contributed by atoms with E-state index in [-0.39, 0.29) is 12.4 Å². The third-order valence-electron chi connectivity index (χ3n) is 2.25. The predicted molar refractivity (Wildman–Crippen MR) is 69.0 cm³/mol. The first-order valence-corrected chi connectivity index (χ1v) is 4.64. The molecule has 0 saturated carbocycles. The second-order valence-electron chi connectivity index (χ2n) is 3.39. The van der Waals surface area contributed by atoms with Crippen LogP contribution in [0.4, 0.5) is 5.69 Å². The second-order valence-corrected chi connectivity index (χ2v) is 3.39. The van der Waals surface area contributed by atoms with Gasteiger partial charge in [-0.25, -0.2) is 0 Å². The number of fused-ring (bicyclic) bond motifs is 1. The Labute approximate surface area is 102 Å². The predicted octanol–water partition coefficient (Wildman–Crippen LogP) is 3.36. The first-order chi connectivity index (χ1) is 7.29. The van der Waals surface area contributed by atoms with Gasteiger partial charge in [0.1, 0.15) is 0 Å². The van der Waals surface area contributed by atoms with Crippen LogP contribution in [-0.4, -0.2) is 14.1 Å². The molecule has 0 N–H and O–H groups in total. The van der Waals surface area contributed by atoms with E-state index in [9.17, 15) is 0 Å². The van der Waals surface area contributed by atoms with Gasteiger partial charge in [0, 0.05) is 36.0 Å². The summed E-state index contributed by atoms with van der Waals surface area (Å²) in [7, 11) is 4.14. The number of halogens is 1. The molecule has 0 amide bonds. The Hall–Kier alpha value is -1.79. The molecule has 0 unspecified atom stereocenters. The lowest BCUT2D eigenvalue weighted by Gasteiger charge is -2.14. The molecule has 84 valence electrons. The molecule has 0 aromatic heterocycles. The Kier molecular flexibility index (Phi) is 5.91. The SMILES string of the molecule is CN(C)c1cccc2ccccc12.Cl.N#N. The topological polar surface area (TPSA) is 50.8 Å². The van der Waals surface area contributed by atoms with Crippen LogP contribution in [0.1, 0.15) is 0 Å². The zero-order valence-corrected chi connectivity index (χ0v) is 10.1. The average Bonchev–Trinajstić information content (AvgIpc) is 2.31. The summed E-state index contributed by atoms with van der Waals surface area (Å²) in [6, 6.07) is 14.8. The van der Waals surface area contributed by atoms with Gasteiger partial charge in [-0.05, 0) is 11.5 Å². The van der Waals surface area contributed by atoms with Crippen molar-refractivity contribution in [2.75, 3.05) is 19.0 Å². The van der Waals surface area contributed by atoms with Crippen LogP contribution < -0.4 is 4.90 Å². The third kappa shape index (κ3) is 2.85. The summed E-state index contributed by atoms with van der Waals surface area (Å²) in [5, 5.41) is 14.6. The van der Waals surface area contributed by atoms with E-state index >= 15 is 0 Å². The number of hydrogen-bond donors (Lipinski definition) is 0. The molecule has 0 spiro atoms. The molecule has 2 aromatic carbocycles. The fourth-order valence-electron chi connectivity index (χ4n) is 1.60. The van der Waals surface area contributed by atoms with Crippen LogP contribution in [0.15, 0.2) is 42.5 Å². The zero-order chi connectivity index (χ0) is 11.3. The highest BCUT2D eigenvalue weighted by molar-refractivity contribution is 5.94. The van der Waals surface area contributed by atoms with Crippen molar-refractivity contribution in [3.05, 3.63) is 42.5 Å². The van der Waals surface area contributed by atoms with Gasteiger partial charge < -0.3 is 4.90 Å². The highest BCUT2D eigenvalue weighted by Gasteiger charge is 1.99. The molecule has 0 atom stereocenters. The van der Waals surface area contributed by atoms with Crippen LogP contribution >= 0.6 is 12.4 Å². The van der Waals surface area contributed by atoms with Gasteiger partial charge in [-0.15, -0.1) is 12.4 Å². The van der Waals surface area contributed by atoms with E-state index in [0.29, 0.717) is 0 Å². The van der Waals surface area contributed by atoms with Crippen molar-refractivity contribution in [2.45, 2.75) is 0 Å². The van der Waals surface area contributed by atoms with Gasteiger partial charge >= 0.3 is 0 Å². The van der Waals surface area contributed by atoms with Crippen LogP contribution in [0.25, 0.3) is 10.8 Å². The molecular weight excluding hydrogens is 222 g/mol. The molecule has 3 nitrogen and oxygen atoms in total. The smallest absolute Gasteiger partial charge is 0.0440 e. The summed E-state index contributed by atoms with van der Waals surface area (Å²) < 4.78 is 0. The Bertz CT molecular complexity index is 461. The van der Waals surface area contributed by atoms with Crippen LogP contribution in [0.3, 0.4) is 0 Å². The van der Waals surface area contributed by atoms with Gasteiger partial charge in [-0.3, -0.25) is 0 Å². The average molecular weight is 236 g/mol. The molecule has 2 rings (SSSR count). The molecule has 16 heavy (non-hydrogen) atoms. The third-order valence-corrected chi connectivity index (χ3v) is 2.25. The van der Waals surface area contributed by atoms with E-state index < -0.39 is 0 Å². The minimum atomic E-state index is 0. The van der Waals surface area contributed by atoms with Gasteiger partial charge in [0.25, 0.3) is 0 Å². The summed E-state index contributed by atoms with van der Waals surface area (Å²) in [4.78, 5) is 2.14. The number of nitrogens with zero attached hydrogens (tertiary/aromatic N) is 3. The van der Waals surface area contributed by atoms with Gasteiger partial charge in [0.05, 0.1) is 0 Å². The van der Waals surface area contributed by atoms with Crippen LogP contribution in [0, 0.1) is 10.8 Å². The quantitative estimate of drug-likeness (QED) is 0.713. The zero-order valence-electron chi connectivity index (χ0n) is 9.29. The standard InChI is InChI=1S/C12H13N.ClH.N2/c1-13(2)12-9-5-7-10-6-3-4-8-11(10)12;;1-2/h3-9H,1-2H3;1H;. The van der Waals surface area contributed by atoms with Crippen molar-refractivity contribution >= 4 is 28.9 Å². The highest BCUT2D eigenvalue weighted by atomic mass is 35.5. The van der Waals surface area contributed by atoms with Crippen molar-refractivity contribution in [3.8, 4) is 0 Å². The molecule has 0 fully saturated rings. The minimum absolute atomic E-state index is 0. The van der Waals surface area contributed by atoms with Crippen LogP contribution in [0.5, 0.6) is 0 Å². The summed E-state index contributed by atoms with van der Waals surface area (Å²) in [6.45, 7) is 0. The first kappa shape index (κ1) is 14.2. The van der Waals surface area contributed by atoms with Gasteiger partial charge in [0.2, 0.25) is 0 Å². The number of anilines is 1. The van der Waals surface area contributed by atoms with Crippen molar-refractivity contribution < 1.29 is 0 Å². The van der Waals surface area contributed by atoms with Crippen LogP contribution in [0.2, 0.25) is 0 Å². The normalized spacial score (nSPS) is 8.50. The minimum Gasteiger partial charge on any atom is -0.377 e. The Morgan fingerprint density at radius 1 is 0.875 bits per heavy atom.